The lowest BCUT2D eigenvalue weighted by Gasteiger charge is -1.97. The topological polar surface area (TPSA) is 100 Å². The molecule has 0 saturated carbocycles. The summed E-state index contributed by atoms with van der Waals surface area (Å²) in [5.41, 5.74) is 7.17. The van der Waals surface area contributed by atoms with Crippen LogP contribution in [-0.2, 0) is 4.84 Å². The first kappa shape index (κ1) is 10.2. The van der Waals surface area contributed by atoms with Crippen molar-refractivity contribution in [3.05, 3.63) is 30.1 Å². The average Bonchev–Trinajstić information content (AvgIpc) is 2.71. The van der Waals surface area contributed by atoms with Gasteiger partial charge in [-0.05, 0) is 12.1 Å². The third kappa shape index (κ3) is 1.72. The van der Waals surface area contributed by atoms with E-state index in [0.717, 1.165) is 11.0 Å². The molecule has 2 aromatic rings. The molecular weight excluding hydrogens is 206 g/mol. The summed E-state index contributed by atoms with van der Waals surface area (Å²) in [7, 11) is 1.37. The molecule has 0 amide bonds. The third-order valence-corrected chi connectivity index (χ3v) is 2.07. The van der Waals surface area contributed by atoms with Gasteiger partial charge in [0.05, 0.1) is 11.0 Å². The maximum Gasteiger partial charge on any atom is 0.192 e. The van der Waals surface area contributed by atoms with Crippen molar-refractivity contribution in [2.24, 2.45) is 10.9 Å². The van der Waals surface area contributed by atoms with E-state index in [4.69, 9.17) is 11.1 Å². The van der Waals surface area contributed by atoms with Gasteiger partial charge in [-0.1, -0.05) is 17.3 Å². The van der Waals surface area contributed by atoms with Crippen LogP contribution in [0.5, 0.6) is 0 Å². The fourth-order valence-corrected chi connectivity index (χ4v) is 1.34. The molecule has 6 nitrogen and oxygen atoms in total. The Kier molecular flexibility index (Phi) is 2.55. The number of nitrogens with one attached hydrogen (secondary N) is 2. The number of oxime groups is 1. The Morgan fingerprint density at radius 3 is 2.94 bits per heavy atom. The molecular formula is C10H11N5O. The summed E-state index contributed by atoms with van der Waals surface area (Å²) in [6, 6.07) is 7.50. The van der Waals surface area contributed by atoms with Gasteiger partial charge in [0.2, 0.25) is 0 Å². The van der Waals surface area contributed by atoms with Crippen LogP contribution in [0.2, 0.25) is 0 Å². The number of hydrogen-bond donors (Lipinski definition) is 3. The number of rotatable bonds is 3. The van der Waals surface area contributed by atoms with Crippen LogP contribution in [0.25, 0.3) is 11.0 Å². The highest BCUT2D eigenvalue weighted by molar-refractivity contribution is 6.44. The zero-order chi connectivity index (χ0) is 11.5. The van der Waals surface area contributed by atoms with Crippen molar-refractivity contribution in [2.45, 2.75) is 0 Å². The normalized spacial score (nSPS) is 11.7. The van der Waals surface area contributed by atoms with Crippen LogP contribution >= 0.6 is 0 Å². The van der Waals surface area contributed by atoms with E-state index in [1.54, 1.807) is 0 Å². The molecule has 16 heavy (non-hydrogen) atoms. The maximum absolute atomic E-state index is 7.74. The van der Waals surface area contributed by atoms with Gasteiger partial charge in [0.1, 0.15) is 12.8 Å². The van der Waals surface area contributed by atoms with Crippen molar-refractivity contribution in [3.63, 3.8) is 0 Å². The first-order chi connectivity index (χ1) is 7.72. The largest absolute Gasteiger partial charge is 0.397 e. The minimum absolute atomic E-state index is 0.0121. The summed E-state index contributed by atoms with van der Waals surface area (Å²) in [4.78, 5) is 11.7. The predicted molar refractivity (Wildman–Crippen MR) is 61.6 cm³/mol. The van der Waals surface area contributed by atoms with E-state index in [9.17, 15) is 0 Å². The summed E-state index contributed by atoms with van der Waals surface area (Å²) in [5.74, 6) is 0.362. The van der Waals surface area contributed by atoms with Gasteiger partial charge in [-0.2, -0.15) is 0 Å². The molecule has 0 fully saturated rings. The van der Waals surface area contributed by atoms with E-state index in [1.165, 1.54) is 7.11 Å². The summed E-state index contributed by atoms with van der Waals surface area (Å²) < 4.78 is 0. The number of imidazole rings is 1. The summed E-state index contributed by atoms with van der Waals surface area (Å²) in [6.07, 6.45) is 0. The van der Waals surface area contributed by atoms with E-state index in [2.05, 4.69) is 20.0 Å². The summed E-state index contributed by atoms with van der Waals surface area (Å²) in [5, 5.41) is 11.2. The lowest BCUT2D eigenvalue weighted by Crippen LogP contribution is -2.25. The van der Waals surface area contributed by atoms with E-state index < -0.39 is 0 Å². The number of H-pyrrole nitrogens is 1. The predicted octanol–water partition coefficient (Wildman–Crippen LogP) is 0.849. The van der Waals surface area contributed by atoms with Crippen LogP contribution < -0.4 is 5.73 Å². The van der Waals surface area contributed by atoms with Crippen molar-refractivity contribution >= 4 is 22.6 Å². The number of nitrogens with zero attached hydrogens (tertiary/aromatic N) is 2. The minimum Gasteiger partial charge on any atom is -0.397 e. The standard InChI is InChI=1S/C10H11N5O/c1-16-15-9(12)8(11)10-13-6-4-2-3-5-7(6)14-10/h2-5,11H,1H3,(H2,12,15)(H,13,14). The minimum atomic E-state index is -0.0124. The van der Waals surface area contributed by atoms with E-state index >= 15 is 0 Å². The van der Waals surface area contributed by atoms with E-state index in [1.807, 2.05) is 24.3 Å². The molecule has 0 bridgehead atoms. The number of fused-ring (bicyclic) bond motifs is 1. The second-order valence-corrected chi connectivity index (χ2v) is 3.14. The van der Waals surface area contributed by atoms with Gasteiger partial charge >= 0.3 is 0 Å². The number of aromatic amines is 1. The quantitative estimate of drug-likeness (QED) is 0.403. The van der Waals surface area contributed by atoms with Crippen molar-refractivity contribution in [1.82, 2.24) is 9.97 Å². The van der Waals surface area contributed by atoms with Gasteiger partial charge in [-0.3, -0.25) is 5.41 Å². The second-order valence-electron chi connectivity index (χ2n) is 3.14. The molecule has 1 aromatic heterocycles. The number of benzene rings is 1. The first-order valence-electron chi connectivity index (χ1n) is 4.63. The average molecular weight is 217 g/mol. The maximum atomic E-state index is 7.74. The number of aromatic nitrogens is 2. The zero-order valence-electron chi connectivity index (χ0n) is 8.69. The van der Waals surface area contributed by atoms with Gasteiger partial charge in [-0.15, -0.1) is 0 Å². The van der Waals surface area contributed by atoms with Gasteiger partial charge in [0.15, 0.2) is 11.7 Å². The van der Waals surface area contributed by atoms with E-state index in [0.29, 0.717) is 5.82 Å². The van der Waals surface area contributed by atoms with Crippen LogP contribution in [0.1, 0.15) is 5.82 Å². The molecule has 82 valence electrons. The van der Waals surface area contributed by atoms with Crippen molar-refractivity contribution in [2.75, 3.05) is 7.11 Å². The lowest BCUT2D eigenvalue weighted by atomic mass is 10.3. The molecule has 1 heterocycles. The molecule has 0 atom stereocenters. The molecule has 0 saturated heterocycles. The molecule has 0 unspecified atom stereocenters. The summed E-state index contributed by atoms with van der Waals surface area (Å²) in [6.45, 7) is 0. The number of nitrogens with two attached hydrogens (primary N) is 1. The van der Waals surface area contributed by atoms with Crippen LogP contribution in [0.4, 0.5) is 0 Å². The third-order valence-electron chi connectivity index (χ3n) is 2.07. The zero-order valence-corrected chi connectivity index (χ0v) is 8.69. The van der Waals surface area contributed by atoms with Gasteiger partial charge in [0, 0.05) is 0 Å². The van der Waals surface area contributed by atoms with Gasteiger partial charge < -0.3 is 15.6 Å². The molecule has 0 aliphatic heterocycles. The Morgan fingerprint density at radius 1 is 1.50 bits per heavy atom. The monoisotopic (exact) mass is 217 g/mol. The molecule has 2 rings (SSSR count). The lowest BCUT2D eigenvalue weighted by molar-refractivity contribution is 0.214. The molecule has 1 aromatic carbocycles. The highest BCUT2D eigenvalue weighted by atomic mass is 16.6. The number of amidine groups is 1. The van der Waals surface area contributed by atoms with Crippen LogP contribution in [0.3, 0.4) is 0 Å². The fourth-order valence-electron chi connectivity index (χ4n) is 1.34. The molecule has 0 radical (unpaired) electrons. The molecule has 6 heteroatoms. The Morgan fingerprint density at radius 2 is 2.25 bits per heavy atom. The molecule has 0 aliphatic rings. The van der Waals surface area contributed by atoms with Crippen LogP contribution in [0, 0.1) is 5.41 Å². The second kappa shape index (κ2) is 4.01. The first-order valence-corrected chi connectivity index (χ1v) is 4.63. The molecule has 4 N–H and O–H groups in total. The number of para-hydroxylation sites is 2. The number of hydrogen-bond acceptors (Lipinski definition) is 4. The highest BCUT2D eigenvalue weighted by Gasteiger charge is 2.11. The van der Waals surface area contributed by atoms with E-state index in [-0.39, 0.29) is 11.5 Å². The Hall–Kier alpha value is -2.37. The van der Waals surface area contributed by atoms with Crippen molar-refractivity contribution < 1.29 is 4.84 Å². The fraction of sp³-hybridized carbons (Fsp3) is 0.100. The Balaban J connectivity index is 2.41. The van der Waals surface area contributed by atoms with Gasteiger partial charge in [-0.25, -0.2) is 4.98 Å². The summed E-state index contributed by atoms with van der Waals surface area (Å²) >= 11 is 0. The Labute approximate surface area is 91.6 Å². The van der Waals surface area contributed by atoms with Crippen molar-refractivity contribution in [3.8, 4) is 0 Å². The molecule has 0 spiro atoms. The smallest absolute Gasteiger partial charge is 0.192 e. The SMILES string of the molecule is CO/N=C(/N)C(=N)c1nc2ccccc2[nH]1. The van der Waals surface area contributed by atoms with Crippen LogP contribution in [0.15, 0.2) is 29.4 Å². The van der Waals surface area contributed by atoms with Crippen LogP contribution in [-0.4, -0.2) is 28.6 Å². The Bertz CT molecular complexity index is 524. The van der Waals surface area contributed by atoms with Gasteiger partial charge in [0.25, 0.3) is 0 Å². The highest BCUT2D eigenvalue weighted by Crippen LogP contribution is 2.10. The van der Waals surface area contributed by atoms with Crippen molar-refractivity contribution in [1.29, 1.82) is 5.41 Å². The molecule has 0 aliphatic carbocycles.